The Bertz CT molecular complexity index is 585. The lowest BCUT2D eigenvalue weighted by atomic mass is 10.2. The van der Waals surface area contributed by atoms with Gasteiger partial charge in [-0.1, -0.05) is 6.07 Å². The zero-order valence-corrected chi connectivity index (χ0v) is 12.8. The smallest absolute Gasteiger partial charge is 0.410 e. The molecule has 21 heavy (non-hydrogen) atoms. The van der Waals surface area contributed by atoms with Crippen molar-refractivity contribution in [2.24, 2.45) is 0 Å². The molecule has 0 bridgehead atoms. The predicted molar refractivity (Wildman–Crippen MR) is 79.1 cm³/mol. The van der Waals surface area contributed by atoms with Gasteiger partial charge in [0.2, 0.25) is 0 Å². The molecule has 0 fully saturated rings. The lowest BCUT2D eigenvalue weighted by Crippen LogP contribution is -2.33. The van der Waals surface area contributed by atoms with E-state index >= 15 is 0 Å². The minimum Gasteiger partial charge on any atom is -0.444 e. The van der Waals surface area contributed by atoms with Gasteiger partial charge in [-0.3, -0.25) is 0 Å². The fourth-order valence-corrected chi connectivity index (χ4v) is 1.73. The van der Waals surface area contributed by atoms with Crippen molar-refractivity contribution in [3.8, 4) is 5.82 Å². The Labute approximate surface area is 124 Å². The number of pyridine rings is 1. The second-order valence-electron chi connectivity index (χ2n) is 5.81. The van der Waals surface area contributed by atoms with Crippen molar-refractivity contribution >= 4 is 6.09 Å². The van der Waals surface area contributed by atoms with Gasteiger partial charge in [-0.2, -0.15) is 5.10 Å². The van der Waals surface area contributed by atoms with Crippen LogP contribution < -0.4 is 0 Å². The molecule has 0 atom stereocenters. The molecule has 2 heterocycles. The van der Waals surface area contributed by atoms with Crippen LogP contribution in [0.5, 0.6) is 0 Å². The Morgan fingerprint density at radius 2 is 2.14 bits per heavy atom. The minimum absolute atomic E-state index is 0.348. The maximum Gasteiger partial charge on any atom is 0.410 e. The highest BCUT2D eigenvalue weighted by Crippen LogP contribution is 2.12. The second-order valence-corrected chi connectivity index (χ2v) is 5.81. The number of amides is 1. The van der Waals surface area contributed by atoms with Crippen LogP contribution in [0.2, 0.25) is 0 Å². The van der Waals surface area contributed by atoms with Gasteiger partial charge in [0, 0.05) is 25.6 Å². The largest absolute Gasteiger partial charge is 0.444 e. The number of hydrogen-bond acceptors (Lipinski definition) is 4. The van der Waals surface area contributed by atoms with Crippen LogP contribution in [0.1, 0.15) is 26.3 Å². The second kappa shape index (κ2) is 5.95. The molecule has 2 aromatic rings. The molecule has 0 spiro atoms. The number of aromatic nitrogens is 3. The van der Waals surface area contributed by atoms with Crippen LogP contribution in [0, 0.1) is 0 Å². The Morgan fingerprint density at radius 3 is 2.67 bits per heavy atom. The van der Waals surface area contributed by atoms with E-state index in [0.29, 0.717) is 6.54 Å². The first-order valence-electron chi connectivity index (χ1n) is 6.74. The van der Waals surface area contributed by atoms with E-state index in [4.69, 9.17) is 4.74 Å². The Hall–Kier alpha value is -2.37. The van der Waals surface area contributed by atoms with Gasteiger partial charge in [-0.25, -0.2) is 14.5 Å². The topological polar surface area (TPSA) is 60.2 Å². The van der Waals surface area contributed by atoms with E-state index in [2.05, 4.69) is 10.1 Å². The third-order valence-corrected chi connectivity index (χ3v) is 2.67. The number of hydrogen-bond donors (Lipinski definition) is 0. The molecule has 0 aromatic carbocycles. The molecule has 0 aliphatic carbocycles. The van der Waals surface area contributed by atoms with E-state index in [9.17, 15) is 4.79 Å². The minimum atomic E-state index is -0.493. The van der Waals surface area contributed by atoms with Crippen LogP contribution >= 0.6 is 0 Å². The first-order chi connectivity index (χ1) is 9.85. The van der Waals surface area contributed by atoms with E-state index in [1.807, 2.05) is 45.2 Å². The van der Waals surface area contributed by atoms with Crippen molar-refractivity contribution in [3.05, 3.63) is 42.4 Å². The fraction of sp³-hybridized carbons (Fsp3) is 0.400. The van der Waals surface area contributed by atoms with Crippen molar-refractivity contribution in [1.82, 2.24) is 19.7 Å². The van der Waals surface area contributed by atoms with E-state index in [1.165, 1.54) is 4.90 Å². The highest BCUT2D eigenvalue weighted by Gasteiger charge is 2.19. The third-order valence-electron chi connectivity index (χ3n) is 2.67. The number of ether oxygens (including phenoxy) is 1. The van der Waals surface area contributed by atoms with Gasteiger partial charge in [0.25, 0.3) is 0 Å². The maximum atomic E-state index is 11.9. The quantitative estimate of drug-likeness (QED) is 0.871. The van der Waals surface area contributed by atoms with Crippen LogP contribution in [0.3, 0.4) is 0 Å². The molecule has 0 aliphatic rings. The standard InChI is InChI=1S/C15H20N4O2/c1-15(2,3)21-14(20)18(4)11-12-6-7-13(16-10-12)19-9-5-8-17-19/h5-10H,11H2,1-4H3. The van der Waals surface area contributed by atoms with Crippen molar-refractivity contribution in [2.45, 2.75) is 32.9 Å². The van der Waals surface area contributed by atoms with Crippen LogP contribution in [0.25, 0.3) is 5.82 Å². The molecule has 0 unspecified atom stereocenters. The van der Waals surface area contributed by atoms with Gasteiger partial charge in [-0.15, -0.1) is 0 Å². The molecule has 1 amide bonds. The molecule has 0 saturated heterocycles. The summed E-state index contributed by atoms with van der Waals surface area (Å²) in [5.41, 5.74) is 0.437. The van der Waals surface area contributed by atoms with Gasteiger partial charge < -0.3 is 9.64 Å². The molecular formula is C15H20N4O2. The first kappa shape index (κ1) is 15.0. The summed E-state index contributed by atoms with van der Waals surface area (Å²) in [7, 11) is 1.70. The van der Waals surface area contributed by atoms with Crippen LogP contribution in [-0.4, -0.2) is 38.4 Å². The zero-order valence-electron chi connectivity index (χ0n) is 12.8. The Kier molecular flexibility index (Phi) is 4.26. The highest BCUT2D eigenvalue weighted by molar-refractivity contribution is 5.67. The summed E-state index contributed by atoms with van der Waals surface area (Å²) in [5.74, 6) is 0.740. The molecule has 0 N–H and O–H groups in total. The number of nitrogens with zero attached hydrogens (tertiary/aromatic N) is 4. The summed E-state index contributed by atoms with van der Waals surface area (Å²) in [6, 6.07) is 5.63. The normalized spacial score (nSPS) is 11.2. The molecule has 6 heteroatoms. The molecule has 0 radical (unpaired) electrons. The molecule has 112 valence electrons. The summed E-state index contributed by atoms with van der Waals surface area (Å²) >= 11 is 0. The van der Waals surface area contributed by atoms with E-state index in [1.54, 1.807) is 24.1 Å². The van der Waals surface area contributed by atoms with E-state index in [0.717, 1.165) is 11.4 Å². The maximum absolute atomic E-state index is 11.9. The van der Waals surface area contributed by atoms with Crippen molar-refractivity contribution in [2.75, 3.05) is 7.05 Å². The number of carbonyl (C=O) groups is 1. The average Bonchev–Trinajstić information content (AvgIpc) is 2.91. The molecule has 2 aromatic heterocycles. The first-order valence-corrected chi connectivity index (χ1v) is 6.74. The van der Waals surface area contributed by atoms with Crippen LogP contribution in [0.4, 0.5) is 4.79 Å². The summed E-state index contributed by atoms with van der Waals surface area (Å²) < 4.78 is 6.99. The van der Waals surface area contributed by atoms with Crippen molar-refractivity contribution in [3.63, 3.8) is 0 Å². The summed E-state index contributed by atoms with van der Waals surface area (Å²) in [5, 5.41) is 4.12. The van der Waals surface area contributed by atoms with Gasteiger partial charge in [-0.05, 0) is 38.5 Å². The van der Waals surface area contributed by atoms with Gasteiger partial charge in [0.15, 0.2) is 5.82 Å². The number of carbonyl (C=O) groups excluding carboxylic acids is 1. The monoisotopic (exact) mass is 288 g/mol. The van der Waals surface area contributed by atoms with Gasteiger partial charge in [0.1, 0.15) is 5.60 Å². The zero-order chi connectivity index (χ0) is 15.5. The van der Waals surface area contributed by atoms with Gasteiger partial charge in [0.05, 0.1) is 6.54 Å². The molecule has 0 saturated carbocycles. The molecule has 0 aliphatic heterocycles. The van der Waals surface area contributed by atoms with Crippen molar-refractivity contribution in [1.29, 1.82) is 0 Å². The van der Waals surface area contributed by atoms with Gasteiger partial charge >= 0.3 is 6.09 Å². The van der Waals surface area contributed by atoms with Crippen LogP contribution in [0.15, 0.2) is 36.8 Å². The fourth-order valence-electron chi connectivity index (χ4n) is 1.73. The Balaban J connectivity index is 1.98. The summed E-state index contributed by atoms with van der Waals surface area (Å²) in [6.45, 7) is 5.98. The lowest BCUT2D eigenvalue weighted by Gasteiger charge is -2.24. The van der Waals surface area contributed by atoms with E-state index in [-0.39, 0.29) is 6.09 Å². The van der Waals surface area contributed by atoms with E-state index < -0.39 is 5.60 Å². The molecule has 6 nitrogen and oxygen atoms in total. The average molecular weight is 288 g/mol. The molecule has 2 rings (SSSR count). The summed E-state index contributed by atoms with van der Waals surface area (Å²) in [4.78, 5) is 17.7. The van der Waals surface area contributed by atoms with Crippen molar-refractivity contribution < 1.29 is 9.53 Å². The molecular weight excluding hydrogens is 268 g/mol. The SMILES string of the molecule is CN(Cc1ccc(-n2cccn2)nc1)C(=O)OC(C)(C)C. The van der Waals surface area contributed by atoms with Crippen LogP contribution in [-0.2, 0) is 11.3 Å². The highest BCUT2D eigenvalue weighted by atomic mass is 16.6. The third kappa shape index (κ3) is 4.30. The number of rotatable bonds is 3. The predicted octanol–water partition coefficient (Wildman–Crippen LogP) is 2.63. The summed E-state index contributed by atoms with van der Waals surface area (Å²) in [6.07, 6.45) is 4.91. The lowest BCUT2D eigenvalue weighted by molar-refractivity contribution is 0.0285. The Morgan fingerprint density at radius 1 is 1.38 bits per heavy atom.